The van der Waals surface area contributed by atoms with Crippen molar-refractivity contribution in [1.29, 1.82) is 0 Å². The Bertz CT molecular complexity index is 178. The molecule has 4 nitrogen and oxygen atoms in total. The number of hydrogen-bond donors (Lipinski definition) is 1. The van der Waals surface area contributed by atoms with Crippen LogP contribution in [0, 0.1) is 0 Å². The van der Waals surface area contributed by atoms with Crippen molar-refractivity contribution in [2.75, 3.05) is 13.7 Å². The van der Waals surface area contributed by atoms with Crippen LogP contribution in [0.25, 0.3) is 0 Å². The molecule has 0 amide bonds. The van der Waals surface area contributed by atoms with Crippen molar-refractivity contribution < 1.29 is 14.3 Å². The lowest BCUT2D eigenvalue weighted by molar-refractivity contribution is -0.157. The van der Waals surface area contributed by atoms with Gasteiger partial charge in [0.15, 0.2) is 0 Å². The highest BCUT2D eigenvalue weighted by Gasteiger charge is 2.32. The number of carbonyl (C=O) groups is 1. The zero-order valence-corrected chi connectivity index (χ0v) is 9.50. The Morgan fingerprint density at radius 3 is 2.29 bits per heavy atom. The third-order valence-electron chi connectivity index (χ3n) is 2.38. The first-order chi connectivity index (χ1) is 6.50. The fraction of sp³-hybridized carbons (Fsp3) is 0.900. The van der Waals surface area contributed by atoms with E-state index in [-0.39, 0.29) is 12.1 Å². The molecule has 0 aliphatic carbocycles. The Morgan fingerprint density at radius 2 is 1.93 bits per heavy atom. The summed E-state index contributed by atoms with van der Waals surface area (Å²) in [6.07, 6.45) is 0.929. The summed E-state index contributed by atoms with van der Waals surface area (Å²) in [5.41, 5.74) is 5.02. The maximum absolute atomic E-state index is 11.6. The molecule has 14 heavy (non-hydrogen) atoms. The van der Waals surface area contributed by atoms with Crippen molar-refractivity contribution in [3.8, 4) is 0 Å². The molecule has 0 saturated carbocycles. The van der Waals surface area contributed by atoms with Gasteiger partial charge in [0.25, 0.3) is 0 Å². The molecule has 0 spiro atoms. The lowest BCUT2D eigenvalue weighted by atomic mass is 9.94. The van der Waals surface area contributed by atoms with Gasteiger partial charge in [-0.25, -0.2) is 0 Å². The van der Waals surface area contributed by atoms with Crippen molar-refractivity contribution in [2.24, 2.45) is 5.73 Å². The minimum Gasteiger partial charge on any atom is -0.459 e. The van der Waals surface area contributed by atoms with Crippen molar-refractivity contribution in [3.05, 3.63) is 0 Å². The van der Waals surface area contributed by atoms with Crippen LogP contribution in [0.2, 0.25) is 0 Å². The number of carbonyl (C=O) groups excluding carboxylic acids is 1. The van der Waals surface area contributed by atoms with Gasteiger partial charge in [-0.05, 0) is 19.8 Å². The average Bonchev–Trinajstić information content (AvgIpc) is 2.16. The van der Waals surface area contributed by atoms with Crippen LogP contribution in [0.5, 0.6) is 0 Å². The predicted octanol–water partition coefficient (Wildman–Crippen LogP) is 1.08. The highest BCUT2D eigenvalue weighted by atomic mass is 16.6. The molecule has 0 bridgehead atoms. The first-order valence-electron chi connectivity index (χ1n) is 4.99. The fourth-order valence-electron chi connectivity index (χ4n) is 1.11. The summed E-state index contributed by atoms with van der Waals surface area (Å²) in [6, 6.07) is 0. The molecule has 0 rings (SSSR count). The second kappa shape index (κ2) is 5.98. The van der Waals surface area contributed by atoms with Gasteiger partial charge in [0.05, 0.1) is 6.61 Å². The van der Waals surface area contributed by atoms with E-state index in [4.69, 9.17) is 15.2 Å². The predicted molar refractivity (Wildman–Crippen MR) is 54.9 cm³/mol. The third-order valence-corrected chi connectivity index (χ3v) is 2.38. The lowest BCUT2D eigenvalue weighted by Gasteiger charge is -2.26. The smallest absolute Gasteiger partial charge is 0.326 e. The molecule has 0 saturated heterocycles. The molecular formula is C10H21NO3. The maximum Gasteiger partial charge on any atom is 0.326 e. The molecule has 1 atom stereocenters. The zero-order valence-electron chi connectivity index (χ0n) is 9.50. The molecule has 0 aromatic carbocycles. The van der Waals surface area contributed by atoms with Crippen molar-refractivity contribution in [1.82, 2.24) is 0 Å². The first-order valence-corrected chi connectivity index (χ1v) is 4.99. The Labute approximate surface area is 85.8 Å². The summed E-state index contributed by atoms with van der Waals surface area (Å²) in [4.78, 5) is 11.6. The Hall–Kier alpha value is -0.610. The van der Waals surface area contributed by atoms with E-state index in [0.29, 0.717) is 19.4 Å². The van der Waals surface area contributed by atoms with Crippen LogP contribution < -0.4 is 5.73 Å². The van der Waals surface area contributed by atoms with Crippen LogP contribution in [0.15, 0.2) is 0 Å². The Kier molecular flexibility index (Phi) is 5.72. The van der Waals surface area contributed by atoms with Gasteiger partial charge >= 0.3 is 5.97 Å². The first kappa shape index (κ1) is 13.4. The molecule has 0 aromatic rings. The molecule has 0 heterocycles. The molecule has 84 valence electrons. The summed E-state index contributed by atoms with van der Waals surface area (Å²) in [7, 11) is 1.57. The standard InChI is InChI=1S/C10H21NO3/c1-5-10(11,6-2)9(12)14-8(3)7-13-4/h8H,5-7,11H2,1-4H3. The van der Waals surface area contributed by atoms with Crippen LogP contribution in [-0.4, -0.2) is 31.3 Å². The van der Waals surface area contributed by atoms with E-state index >= 15 is 0 Å². The molecular weight excluding hydrogens is 182 g/mol. The number of nitrogens with two attached hydrogens (primary N) is 1. The topological polar surface area (TPSA) is 61.6 Å². The molecule has 0 fully saturated rings. The molecule has 0 aliphatic heterocycles. The van der Waals surface area contributed by atoms with Crippen LogP contribution in [0.1, 0.15) is 33.6 Å². The van der Waals surface area contributed by atoms with E-state index in [2.05, 4.69) is 0 Å². The largest absolute Gasteiger partial charge is 0.459 e. The van der Waals surface area contributed by atoms with E-state index in [0.717, 1.165) is 0 Å². The number of hydrogen-bond acceptors (Lipinski definition) is 4. The van der Waals surface area contributed by atoms with Crippen molar-refractivity contribution in [2.45, 2.75) is 45.3 Å². The third kappa shape index (κ3) is 3.64. The number of ether oxygens (including phenoxy) is 2. The summed E-state index contributed by atoms with van der Waals surface area (Å²) in [5, 5.41) is 0. The van der Waals surface area contributed by atoms with Gasteiger partial charge in [0.1, 0.15) is 11.6 Å². The summed E-state index contributed by atoms with van der Waals surface area (Å²) in [6.45, 7) is 5.94. The fourth-order valence-corrected chi connectivity index (χ4v) is 1.11. The van der Waals surface area contributed by atoms with Gasteiger partial charge in [-0.1, -0.05) is 13.8 Å². The number of esters is 1. The SMILES string of the molecule is CCC(N)(CC)C(=O)OC(C)COC. The highest BCUT2D eigenvalue weighted by Crippen LogP contribution is 2.14. The summed E-state index contributed by atoms with van der Waals surface area (Å²) in [5.74, 6) is -0.341. The van der Waals surface area contributed by atoms with Gasteiger partial charge < -0.3 is 15.2 Å². The average molecular weight is 203 g/mol. The van der Waals surface area contributed by atoms with Crippen LogP contribution in [0.4, 0.5) is 0 Å². The van der Waals surface area contributed by atoms with Crippen LogP contribution >= 0.6 is 0 Å². The number of methoxy groups -OCH3 is 1. The van der Waals surface area contributed by atoms with E-state index < -0.39 is 5.54 Å². The minimum atomic E-state index is -0.845. The normalized spacial score (nSPS) is 13.8. The van der Waals surface area contributed by atoms with Gasteiger partial charge in [-0.15, -0.1) is 0 Å². The molecule has 1 unspecified atom stereocenters. The van der Waals surface area contributed by atoms with Gasteiger partial charge in [-0.2, -0.15) is 0 Å². The maximum atomic E-state index is 11.6. The second-order valence-electron chi connectivity index (χ2n) is 3.53. The van der Waals surface area contributed by atoms with E-state index in [1.165, 1.54) is 0 Å². The van der Waals surface area contributed by atoms with Crippen LogP contribution in [-0.2, 0) is 14.3 Å². The zero-order chi connectivity index (χ0) is 11.2. The van der Waals surface area contributed by atoms with Crippen LogP contribution in [0.3, 0.4) is 0 Å². The van der Waals surface area contributed by atoms with Gasteiger partial charge in [-0.3, -0.25) is 4.79 Å². The Morgan fingerprint density at radius 1 is 1.43 bits per heavy atom. The molecule has 4 heteroatoms. The molecule has 2 N–H and O–H groups in total. The lowest BCUT2D eigenvalue weighted by Crippen LogP contribution is -2.49. The highest BCUT2D eigenvalue weighted by molar-refractivity contribution is 5.80. The summed E-state index contributed by atoms with van der Waals surface area (Å²) < 4.78 is 10.0. The van der Waals surface area contributed by atoms with E-state index in [9.17, 15) is 4.79 Å². The second-order valence-corrected chi connectivity index (χ2v) is 3.53. The molecule has 0 aromatic heterocycles. The van der Waals surface area contributed by atoms with E-state index in [1.54, 1.807) is 14.0 Å². The van der Waals surface area contributed by atoms with Gasteiger partial charge in [0.2, 0.25) is 0 Å². The molecule has 0 aliphatic rings. The Balaban J connectivity index is 4.18. The van der Waals surface area contributed by atoms with Gasteiger partial charge in [0, 0.05) is 7.11 Å². The number of rotatable bonds is 6. The monoisotopic (exact) mass is 203 g/mol. The van der Waals surface area contributed by atoms with E-state index in [1.807, 2.05) is 13.8 Å². The quantitative estimate of drug-likeness (QED) is 0.656. The van der Waals surface area contributed by atoms with Crippen molar-refractivity contribution >= 4 is 5.97 Å². The minimum absolute atomic E-state index is 0.242. The molecule has 0 radical (unpaired) electrons. The van der Waals surface area contributed by atoms with Crippen molar-refractivity contribution in [3.63, 3.8) is 0 Å². The summed E-state index contributed by atoms with van der Waals surface area (Å²) >= 11 is 0.